The van der Waals surface area contributed by atoms with Gasteiger partial charge < -0.3 is 21.3 Å². The maximum atomic E-state index is 5.92. The number of hydrogen-bond donors (Lipinski definition) is 3. The van der Waals surface area contributed by atoms with Crippen LogP contribution < -0.4 is 16.4 Å². The summed E-state index contributed by atoms with van der Waals surface area (Å²) in [6, 6.07) is 1.90. The van der Waals surface area contributed by atoms with Crippen LogP contribution >= 0.6 is 0 Å². The van der Waals surface area contributed by atoms with E-state index in [1.54, 1.807) is 6.33 Å². The van der Waals surface area contributed by atoms with Gasteiger partial charge in [-0.3, -0.25) is 0 Å². The number of nitrogens with two attached hydrogens (primary N) is 1. The van der Waals surface area contributed by atoms with Gasteiger partial charge in [-0.15, -0.1) is 0 Å². The molecule has 1 rings (SSSR count). The van der Waals surface area contributed by atoms with Crippen molar-refractivity contribution in [3.8, 4) is 0 Å². The summed E-state index contributed by atoms with van der Waals surface area (Å²) in [5, 5.41) is 6.50. The van der Waals surface area contributed by atoms with Gasteiger partial charge in [-0.25, -0.2) is 9.97 Å². The second kappa shape index (κ2) is 7.25. The van der Waals surface area contributed by atoms with Gasteiger partial charge in [0.05, 0.1) is 0 Å². The standard InChI is InChI=1S/C13H26N6/c1-13(2,14)9-16-12-8-11(17-10-18-12)15-6-5-7-19(3)4/h8,10H,5-7,9,14H2,1-4H3,(H2,15,16,17,18). The smallest absolute Gasteiger partial charge is 0.131 e. The van der Waals surface area contributed by atoms with E-state index in [0.717, 1.165) is 31.1 Å². The van der Waals surface area contributed by atoms with Gasteiger partial charge >= 0.3 is 0 Å². The molecular weight excluding hydrogens is 240 g/mol. The van der Waals surface area contributed by atoms with Crippen molar-refractivity contribution in [3.63, 3.8) is 0 Å². The predicted octanol–water partition coefficient (Wildman–Crippen LogP) is 0.989. The van der Waals surface area contributed by atoms with Crippen molar-refractivity contribution in [3.05, 3.63) is 12.4 Å². The van der Waals surface area contributed by atoms with Crippen molar-refractivity contribution >= 4 is 11.6 Å². The SMILES string of the molecule is CN(C)CCCNc1cc(NCC(C)(C)N)ncn1. The van der Waals surface area contributed by atoms with E-state index in [9.17, 15) is 0 Å². The number of rotatable bonds is 8. The quantitative estimate of drug-likeness (QED) is 0.609. The van der Waals surface area contributed by atoms with Crippen molar-refractivity contribution in [2.75, 3.05) is 44.4 Å². The molecule has 6 nitrogen and oxygen atoms in total. The van der Waals surface area contributed by atoms with Gasteiger partial charge in [0.1, 0.15) is 18.0 Å². The number of nitrogens with one attached hydrogen (secondary N) is 2. The molecule has 0 radical (unpaired) electrons. The summed E-state index contributed by atoms with van der Waals surface area (Å²) in [4.78, 5) is 10.5. The Bertz CT molecular complexity index is 372. The molecule has 0 spiro atoms. The van der Waals surface area contributed by atoms with E-state index in [4.69, 9.17) is 5.73 Å². The zero-order valence-corrected chi connectivity index (χ0v) is 12.4. The Labute approximate surface area is 115 Å². The molecule has 0 aliphatic heterocycles. The second-order valence-corrected chi connectivity index (χ2v) is 5.71. The van der Waals surface area contributed by atoms with Crippen molar-refractivity contribution in [2.45, 2.75) is 25.8 Å². The van der Waals surface area contributed by atoms with Crippen LogP contribution in [0.25, 0.3) is 0 Å². The Balaban J connectivity index is 2.39. The lowest BCUT2D eigenvalue weighted by Gasteiger charge is -2.19. The largest absolute Gasteiger partial charge is 0.370 e. The summed E-state index contributed by atoms with van der Waals surface area (Å²) in [6.07, 6.45) is 2.63. The Hall–Kier alpha value is -1.40. The first kappa shape index (κ1) is 15.7. The molecule has 6 heteroatoms. The lowest BCUT2D eigenvalue weighted by molar-refractivity contribution is 0.405. The fourth-order valence-corrected chi connectivity index (χ4v) is 1.48. The fraction of sp³-hybridized carbons (Fsp3) is 0.692. The predicted molar refractivity (Wildman–Crippen MR) is 80.4 cm³/mol. The van der Waals surface area contributed by atoms with E-state index in [1.165, 1.54) is 0 Å². The topological polar surface area (TPSA) is 79.1 Å². The van der Waals surface area contributed by atoms with Crippen molar-refractivity contribution < 1.29 is 0 Å². The van der Waals surface area contributed by atoms with Crippen LogP contribution in [0.3, 0.4) is 0 Å². The van der Waals surface area contributed by atoms with E-state index in [1.807, 2.05) is 19.9 Å². The number of aromatic nitrogens is 2. The molecule has 0 fully saturated rings. The number of nitrogens with zero attached hydrogens (tertiary/aromatic N) is 3. The Kier molecular flexibility index (Phi) is 5.98. The molecule has 0 amide bonds. The summed E-state index contributed by atoms with van der Waals surface area (Å²) in [7, 11) is 4.14. The van der Waals surface area contributed by atoms with Crippen LogP contribution in [0.5, 0.6) is 0 Å². The Morgan fingerprint density at radius 2 is 1.84 bits per heavy atom. The zero-order valence-electron chi connectivity index (χ0n) is 12.4. The summed E-state index contributed by atoms with van der Waals surface area (Å²) in [5.74, 6) is 1.63. The van der Waals surface area contributed by atoms with Gasteiger partial charge in [-0.1, -0.05) is 0 Å². The van der Waals surface area contributed by atoms with Crippen LogP contribution in [0.15, 0.2) is 12.4 Å². The molecule has 0 aromatic carbocycles. The third-order valence-corrected chi connectivity index (χ3v) is 2.48. The second-order valence-electron chi connectivity index (χ2n) is 5.71. The lowest BCUT2D eigenvalue weighted by atomic mass is 10.1. The first-order valence-electron chi connectivity index (χ1n) is 6.60. The summed E-state index contributed by atoms with van der Waals surface area (Å²) >= 11 is 0. The summed E-state index contributed by atoms with van der Waals surface area (Å²) in [6.45, 7) is 6.58. The molecule has 0 saturated heterocycles. The van der Waals surface area contributed by atoms with Gasteiger partial charge in [0.2, 0.25) is 0 Å². The van der Waals surface area contributed by atoms with E-state index in [-0.39, 0.29) is 5.54 Å². The molecule has 0 atom stereocenters. The molecule has 0 aliphatic rings. The third-order valence-electron chi connectivity index (χ3n) is 2.48. The first-order chi connectivity index (χ1) is 8.87. The minimum absolute atomic E-state index is 0.260. The molecule has 108 valence electrons. The number of hydrogen-bond acceptors (Lipinski definition) is 6. The van der Waals surface area contributed by atoms with Crippen LogP contribution in [0, 0.1) is 0 Å². The van der Waals surface area contributed by atoms with E-state index < -0.39 is 0 Å². The molecule has 1 heterocycles. The lowest BCUT2D eigenvalue weighted by Crippen LogP contribution is -2.39. The highest BCUT2D eigenvalue weighted by Gasteiger charge is 2.10. The highest BCUT2D eigenvalue weighted by Crippen LogP contribution is 2.09. The monoisotopic (exact) mass is 266 g/mol. The van der Waals surface area contributed by atoms with Gasteiger partial charge in [0, 0.05) is 24.7 Å². The van der Waals surface area contributed by atoms with Gasteiger partial charge in [0.25, 0.3) is 0 Å². The molecule has 4 N–H and O–H groups in total. The van der Waals surface area contributed by atoms with E-state index >= 15 is 0 Å². The molecule has 1 aromatic rings. The van der Waals surface area contributed by atoms with Gasteiger partial charge in [0.15, 0.2) is 0 Å². The van der Waals surface area contributed by atoms with Crippen LogP contribution in [0.2, 0.25) is 0 Å². The van der Waals surface area contributed by atoms with Crippen LogP contribution in [0.4, 0.5) is 11.6 Å². The average Bonchev–Trinajstić information content (AvgIpc) is 2.32. The molecule has 0 saturated carbocycles. The van der Waals surface area contributed by atoms with Gasteiger partial charge in [-0.2, -0.15) is 0 Å². The van der Waals surface area contributed by atoms with Gasteiger partial charge in [-0.05, 0) is 40.9 Å². The molecule has 1 aromatic heterocycles. The molecule has 0 bridgehead atoms. The Morgan fingerprint density at radius 3 is 2.42 bits per heavy atom. The highest BCUT2D eigenvalue weighted by atomic mass is 15.1. The zero-order chi connectivity index (χ0) is 14.3. The molecule has 0 unspecified atom stereocenters. The molecule has 0 aliphatic carbocycles. The normalized spacial score (nSPS) is 11.7. The van der Waals surface area contributed by atoms with Crippen LogP contribution in [0.1, 0.15) is 20.3 Å². The first-order valence-corrected chi connectivity index (χ1v) is 6.60. The summed E-state index contributed by atoms with van der Waals surface area (Å²) < 4.78 is 0. The van der Waals surface area contributed by atoms with E-state index in [0.29, 0.717) is 6.54 Å². The van der Waals surface area contributed by atoms with Crippen molar-refractivity contribution in [1.29, 1.82) is 0 Å². The third kappa shape index (κ3) is 7.58. The maximum absolute atomic E-state index is 5.92. The average molecular weight is 266 g/mol. The molecule has 19 heavy (non-hydrogen) atoms. The minimum atomic E-state index is -0.260. The minimum Gasteiger partial charge on any atom is -0.370 e. The van der Waals surface area contributed by atoms with Crippen LogP contribution in [-0.4, -0.2) is 54.1 Å². The fourth-order valence-electron chi connectivity index (χ4n) is 1.48. The maximum Gasteiger partial charge on any atom is 0.131 e. The number of anilines is 2. The Morgan fingerprint density at radius 1 is 1.21 bits per heavy atom. The molecular formula is C13H26N6. The van der Waals surface area contributed by atoms with Crippen LogP contribution in [-0.2, 0) is 0 Å². The summed E-state index contributed by atoms with van der Waals surface area (Å²) in [5.41, 5.74) is 5.66. The van der Waals surface area contributed by atoms with E-state index in [2.05, 4.69) is 39.6 Å². The highest BCUT2D eigenvalue weighted by molar-refractivity contribution is 5.46. The van der Waals surface area contributed by atoms with Crippen molar-refractivity contribution in [2.24, 2.45) is 5.73 Å². The van der Waals surface area contributed by atoms with Crippen molar-refractivity contribution in [1.82, 2.24) is 14.9 Å².